The molecule has 1 saturated carbocycles. The van der Waals surface area contributed by atoms with Gasteiger partial charge in [0.05, 0.1) is 18.5 Å². The van der Waals surface area contributed by atoms with Crippen LogP contribution in [0.15, 0.2) is 24.4 Å². The quantitative estimate of drug-likeness (QED) is 0.385. The first-order valence-corrected chi connectivity index (χ1v) is 15.8. The van der Waals surface area contributed by atoms with Crippen LogP contribution in [-0.4, -0.2) is 96.3 Å². The Labute approximate surface area is 249 Å². The van der Waals surface area contributed by atoms with Gasteiger partial charge in [0.1, 0.15) is 22.6 Å². The minimum Gasteiger partial charge on any atom is -0.495 e. The van der Waals surface area contributed by atoms with Crippen LogP contribution in [0.3, 0.4) is 0 Å². The Balaban J connectivity index is 1.26. The van der Waals surface area contributed by atoms with Gasteiger partial charge in [-0.15, -0.1) is 0 Å². The number of hydrogen-bond acceptors (Lipinski definition) is 10. The molecule has 0 amide bonds. The van der Waals surface area contributed by atoms with E-state index in [0.717, 1.165) is 84.8 Å². The van der Waals surface area contributed by atoms with Crippen molar-refractivity contribution in [2.75, 3.05) is 69.4 Å². The Bertz CT molecular complexity index is 1370. The van der Waals surface area contributed by atoms with E-state index in [-0.39, 0.29) is 0 Å². The molecule has 0 atom stereocenters. The number of piperazine rings is 1. The zero-order chi connectivity index (χ0) is 29.2. The van der Waals surface area contributed by atoms with Crippen LogP contribution in [0.2, 0.25) is 0 Å². The van der Waals surface area contributed by atoms with Gasteiger partial charge in [-0.3, -0.25) is 4.90 Å². The molecule has 0 bridgehead atoms. The summed E-state index contributed by atoms with van der Waals surface area (Å²) in [6.07, 6.45) is 9.08. The van der Waals surface area contributed by atoms with Crippen molar-refractivity contribution in [3.63, 3.8) is 0 Å². The van der Waals surface area contributed by atoms with Crippen LogP contribution in [0.1, 0.15) is 51.1 Å². The summed E-state index contributed by atoms with van der Waals surface area (Å²) in [7, 11) is 3.97. The van der Waals surface area contributed by atoms with Crippen molar-refractivity contribution < 1.29 is 4.74 Å². The Kier molecular flexibility index (Phi) is 8.65. The van der Waals surface area contributed by atoms with Gasteiger partial charge in [0, 0.05) is 69.2 Å². The average molecular weight is 574 g/mol. The number of aromatic nitrogens is 3. The van der Waals surface area contributed by atoms with E-state index in [1.54, 1.807) is 7.11 Å². The van der Waals surface area contributed by atoms with E-state index >= 15 is 0 Å². The van der Waals surface area contributed by atoms with Crippen LogP contribution < -0.4 is 26.4 Å². The third-order valence-electron chi connectivity index (χ3n) is 9.60. The van der Waals surface area contributed by atoms with E-state index in [0.29, 0.717) is 29.5 Å². The molecule has 4 heterocycles. The van der Waals surface area contributed by atoms with Crippen molar-refractivity contribution in [2.45, 2.75) is 70.0 Å². The largest absolute Gasteiger partial charge is 0.495 e. The maximum Gasteiger partial charge on any atom is 0.151 e. The molecule has 10 heteroatoms. The summed E-state index contributed by atoms with van der Waals surface area (Å²) in [5, 5.41) is 3.69. The number of ether oxygens (including phenoxy) is 1. The molecule has 226 valence electrons. The number of aryl methyl sites for hydroxylation is 1. The highest BCUT2D eigenvalue weighted by atomic mass is 16.5. The fraction of sp³-hybridized carbons (Fsp3) is 0.594. The molecule has 1 aliphatic carbocycles. The number of pyridine rings is 1. The normalized spacial score (nSPS) is 22.9. The molecule has 3 fully saturated rings. The SMILES string of the molecule is CCc1nc2c(N)ncc(-c3ccc(N4CCC(N5CCN(C)CC5)CC4)c(OC)c3)c2nc1NC1CCC(N)CC1. The van der Waals surface area contributed by atoms with E-state index < -0.39 is 0 Å². The van der Waals surface area contributed by atoms with Gasteiger partial charge in [-0.2, -0.15) is 0 Å². The molecule has 6 rings (SSSR count). The number of nitrogens with two attached hydrogens (primary N) is 2. The Hall–Kier alpha value is -3.21. The average Bonchev–Trinajstić information content (AvgIpc) is 3.02. The topological polar surface area (TPSA) is 122 Å². The Morgan fingerprint density at radius 3 is 2.38 bits per heavy atom. The van der Waals surface area contributed by atoms with Crippen molar-refractivity contribution in [1.82, 2.24) is 24.8 Å². The van der Waals surface area contributed by atoms with Gasteiger partial charge in [-0.25, -0.2) is 15.0 Å². The van der Waals surface area contributed by atoms with Gasteiger partial charge < -0.3 is 31.3 Å². The minimum absolute atomic E-state index is 0.301. The molecule has 0 radical (unpaired) electrons. The van der Waals surface area contributed by atoms with Crippen molar-refractivity contribution in [2.24, 2.45) is 5.73 Å². The molecule has 3 aliphatic rings. The number of fused-ring (bicyclic) bond motifs is 1. The monoisotopic (exact) mass is 573 g/mol. The standard InChI is InChI=1S/C32H47N9O/c1-4-26-32(36-23-8-6-22(33)7-9-23)38-29-25(20-35-31(34)30(29)37-26)21-5-10-27(28(19-21)42-3)41-13-11-24(12-14-41)40-17-15-39(2)16-18-40/h5,10,19-20,22-24H,4,6-9,11-18,33H2,1-3H3,(H2,34,35)(H,36,38). The molecule has 42 heavy (non-hydrogen) atoms. The zero-order valence-electron chi connectivity index (χ0n) is 25.5. The number of benzene rings is 1. The van der Waals surface area contributed by atoms with Gasteiger partial charge in [0.25, 0.3) is 0 Å². The summed E-state index contributed by atoms with van der Waals surface area (Å²) in [6.45, 7) is 8.86. The second-order valence-corrected chi connectivity index (χ2v) is 12.3. The predicted octanol–water partition coefficient (Wildman–Crippen LogP) is 3.74. The van der Waals surface area contributed by atoms with Crippen LogP contribution in [0.25, 0.3) is 22.2 Å². The van der Waals surface area contributed by atoms with Crippen molar-refractivity contribution in [3.8, 4) is 16.9 Å². The Morgan fingerprint density at radius 1 is 0.952 bits per heavy atom. The number of nitrogens with zero attached hydrogens (tertiary/aromatic N) is 6. The summed E-state index contributed by atoms with van der Waals surface area (Å²) < 4.78 is 5.96. The summed E-state index contributed by atoms with van der Waals surface area (Å²) in [5.74, 6) is 2.10. The number of hydrogen-bond donors (Lipinski definition) is 3. The second kappa shape index (κ2) is 12.6. The van der Waals surface area contributed by atoms with Crippen LogP contribution in [0.4, 0.5) is 17.3 Å². The highest BCUT2D eigenvalue weighted by Crippen LogP contribution is 2.38. The third-order valence-corrected chi connectivity index (χ3v) is 9.60. The maximum absolute atomic E-state index is 6.34. The van der Waals surface area contributed by atoms with Crippen LogP contribution in [0.5, 0.6) is 5.75 Å². The molecule has 2 saturated heterocycles. The molecule has 3 aromatic rings. The number of likely N-dealkylation sites (N-methyl/N-ethyl adjacent to an activating group) is 1. The van der Waals surface area contributed by atoms with Gasteiger partial charge in [-0.1, -0.05) is 13.0 Å². The van der Waals surface area contributed by atoms with E-state index in [1.165, 1.54) is 39.0 Å². The number of anilines is 3. The van der Waals surface area contributed by atoms with Crippen molar-refractivity contribution in [3.05, 3.63) is 30.1 Å². The van der Waals surface area contributed by atoms with Gasteiger partial charge in [-0.05, 0) is 69.7 Å². The first kappa shape index (κ1) is 28.9. The Morgan fingerprint density at radius 2 is 1.69 bits per heavy atom. The number of rotatable bonds is 7. The predicted molar refractivity (Wildman–Crippen MR) is 171 cm³/mol. The van der Waals surface area contributed by atoms with E-state index in [2.05, 4.69) is 57.2 Å². The zero-order valence-corrected chi connectivity index (χ0v) is 25.5. The maximum atomic E-state index is 6.34. The number of piperidine rings is 1. The number of nitrogens with one attached hydrogen (secondary N) is 1. The van der Waals surface area contributed by atoms with E-state index in [9.17, 15) is 0 Å². The van der Waals surface area contributed by atoms with Crippen molar-refractivity contribution >= 4 is 28.4 Å². The lowest BCUT2D eigenvalue weighted by Crippen LogP contribution is -2.52. The molecular formula is C32H47N9O. The highest BCUT2D eigenvalue weighted by Gasteiger charge is 2.28. The fourth-order valence-electron chi connectivity index (χ4n) is 6.89. The molecule has 1 aromatic carbocycles. The number of methoxy groups -OCH3 is 1. The van der Waals surface area contributed by atoms with E-state index in [4.69, 9.17) is 26.2 Å². The molecule has 0 spiro atoms. The van der Waals surface area contributed by atoms with Crippen LogP contribution in [-0.2, 0) is 6.42 Å². The van der Waals surface area contributed by atoms with Crippen LogP contribution in [0, 0.1) is 0 Å². The van der Waals surface area contributed by atoms with Crippen molar-refractivity contribution in [1.29, 1.82) is 0 Å². The summed E-state index contributed by atoms with van der Waals surface area (Å²) in [5.41, 5.74) is 17.9. The third kappa shape index (κ3) is 5.98. The van der Waals surface area contributed by atoms with Crippen LogP contribution >= 0.6 is 0 Å². The summed E-state index contributed by atoms with van der Waals surface area (Å²) >= 11 is 0. The minimum atomic E-state index is 0.301. The molecule has 2 aromatic heterocycles. The first-order chi connectivity index (χ1) is 20.4. The lowest BCUT2D eigenvalue weighted by Gasteiger charge is -2.42. The second-order valence-electron chi connectivity index (χ2n) is 12.3. The van der Waals surface area contributed by atoms with E-state index in [1.807, 2.05) is 6.20 Å². The van der Waals surface area contributed by atoms with Gasteiger partial charge in [0.2, 0.25) is 0 Å². The molecule has 2 aliphatic heterocycles. The summed E-state index contributed by atoms with van der Waals surface area (Å²) in [6, 6.07) is 7.78. The molecular weight excluding hydrogens is 526 g/mol. The lowest BCUT2D eigenvalue weighted by molar-refractivity contribution is 0.0981. The smallest absolute Gasteiger partial charge is 0.151 e. The first-order valence-electron chi connectivity index (χ1n) is 15.8. The fourth-order valence-corrected chi connectivity index (χ4v) is 6.89. The van der Waals surface area contributed by atoms with Gasteiger partial charge in [0.15, 0.2) is 5.82 Å². The molecule has 5 N–H and O–H groups in total. The number of nitrogen functional groups attached to an aromatic ring is 1. The molecule has 0 unspecified atom stereocenters. The molecule has 10 nitrogen and oxygen atoms in total. The highest BCUT2D eigenvalue weighted by molar-refractivity contribution is 5.97. The lowest BCUT2D eigenvalue weighted by atomic mass is 9.92. The van der Waals surface area contributed by atoms with Gasteiger partial charge >= 0.3 is 0 Å². The summed E-state index contributed by atoms with van der Waals surface area (Å²) in [4.78, 5) is 22.2.